The van der Waals surface area contributed by atoms with Crippen LogP contribution in [0.3, 0.4) is 0 Å². The smallest absolute Gasteiger partial charge is 0.119 e. The van der Waals surface area contributed by atoms with Crippen LogP contribution in [0.1, 0.15) is 22.3 Å². The molecule has 4 heteroatoms. The number of rotatable bonds is 13. The van der Waals surface area contributed by atoms with E-state index in [9.17, 15) is 0 Å². The van der Waals surface area contributed by atoms with Crippen molar-refractivity contribution in [3.05, 3.63) is 131 Å². The summed E-state index contributed by atoms with van der Waals surface area (Å²) in [5.74, 6) is 1.81. The van der Waals surface area contributed by atoms with Crippen molar-refractivity contribution < 1.29 is 9.47 Å². The predicted octanol–water partition coefficient (Wildman–Crippen LogP) is 6.41. The van der Waals surface area contributed by atoms with Crippen LogP contribution >= 0.6 is 0 Å². The Morgan fingerprint density at radius 2 is 0.806 bits per heavy atom. The molecular weight excluding hydrogens is 444 g/mol. The van der Waals surface area contributed by atoms with Gasteiger partial charge in [-0.2, -0.15) is 0 Å². The van der Waals surface area contributed by atoms with Crippen molar-refractivity contribution in [2.75, 3.05) is 27.2 Å². The molecule has 4 aromatic rings. The van der Waals surface area contributed by atoms with Crippen molar-refractivity contribution in [3.63, 3.8) is 0 Å². The zero-order valence-corrected chi connectivity index (χ0v) is 21.3. The molecule has 0 atom stereocenters. The molecule has 0 heterocycles. The average Bonchev–Trinajstić information content (AvgIpc) is 2.92. The molecule has 4 aromatic carbocycles. The van der Waals surface area contributed by atoms with E-state index in [0.717, 1.165) is 37.7 Å². The maximum atomic E-state index is 5.90. The van der Waals surface area contributed by atoms with Crippen LogP contribution in [0.25, 0.3) is 0 Å². The Morgan fingerprint density at radius 3 is 1.17 bits per heavy atom. The molecular formula is C32H36N2O2. The Morgan fingerprint density at radius 1 is 0.444 bits per heavy atom. The lowest BCUT2D eigenvalue weighted by Gasteiger charge is -2.22. The van der Waals surface area contributed by atoms with Crippen LogP contribution in [0.2, 0.25) is 0 Å². The van der Waals surface area contributed by atoms with Crippen LogP contribution in [0.15, 0.2) is 109 Å². The molecule has 0 unspecified atom stereocenters. The average molecular weight is 481 g/mol. The van der Waals surface area contributed by atoms with Gasteiger partial charge in [0.1, 0.15) is 24.7 Å². The maximum absolute atomic E-state index is 5.90. The third-order valence-corrected chi connectivity index (χ3v) is 6.11. The van der Waals surface area contributed by atoms with Crippen LogP contribution in [-0.4, -0.2) is 37.0 Å². The van der Waals surface area contributed by atoms with Gasteiger partial charge >= 0.3 is 0 Å². The summed E-state index contributed by atoms with van der Waals surface area (Å²) in [6.45, 7) is 5.02. The third-order valence-electron chi connectivity index (χ3n) is 6.11. The number of ether oxygens (including phenoxy) is 2. The molecule has 36 heavy (non-hydrogen) atoms. The van der Waals surface area contributed by atoms with Crippen LogP contribution in [-0.2, 0) is 26.3 Å². The van der Waals surface area contributed by atoms with Gasteiger partial charge in [0.2, 0.25) is 0 Å². The monoisotopic (exact) mass is 480 g/mol. The molecule has 0 bridgehead atoms. The zero-order valence-electron chi connectivity index (χ0n) is 21.3. The first-order chi connectivity index (χ1) is 17.6. The van der Waals surface area contributed by atoms with Crippen molar-refractivity contribution in [1.29, 1.82) is 0 Å². The third kappa shape index (κ3) is 8.56. The van der Waals surface area contributed by atoms with Gasteiger partial charge in [0.15, 0.2) is 0 Å². The standard InChI is InChI=1S/C32H36N2O2/c1-33(23-27-13-17-31(18-14-27)35-25-29-9-5-3-6-10-29)21-22-34(2)24-28-15-19-32(20-16-28)36-26-30-11-7-4-8-12-30/h3-20H,21-26H2,1-2H3. The number of nitrogens with zero attached hydrogens (tertiary/aromatic N) is 2. The quantitative estimate of drug-likeness (QED) is 0.221. The lowest BCUT2D eigenvalue weighted by Crippen LogP contribution is -2.30. The fourth-order valence-electron chi connectivity index (χ4n) is 3.99. The van der Waals surface area contributed by atoms with Gasteiger partial charge in [-0.3, -0.25) is 0 Å². The number of benzene rings is 4. The highest BCUT2D eigenvalue weighted by Gasteiger charge is 2.06. The van der Waals surface area contributed by atoms with E-state index in [-0.39, 0.29) is 0 Å². The second-order valence-corrected chi connectivity index (χ2v) is 9.31. The summed E-state index contributed by atoms with van der Waals surface area (Å²) in [6.07, 6.45) is 0. The normalized spacial score (nSPS) is 11.1. The summed E-state index contributed by atoms with van der Waals surface area (Å²) in [5.41, 5.74) is 4.94. The Kier molecular flexibility index (Phi) is 9.54. The molecule has 0 aliphatic heterocycles. The maximum Gasteiger partial charge on any atom is 0.119 e. The Labute approximate surface area is 215 Å². The van der Waals surface area contributed by atoms with Gasteiger partial charge in [0.05, 0.1) is 0 Å². The predicted molar refractivity (Wildman–Crippen MR) is 147 cm³/mol. The van der Waals surface area contributed by atoms with Crippen LogP contribution in [0.5, 0.6) is 11.5 Å². The summed E-state index contributed by atoms with van der Waals surface area (Å²) < 4.78 is 11.8. The zero-order chi connectivity index (χ0) is 25.0. The molecule has 0 spiro atoms. The molecule has 0 fully saturated rings. The Balaban J connectivity index is 1.15. The number of hydrogen-bond donors (Lipinski definition) is 0. The second kappa shape index (κ2) is 13.5. The van der Waals surface area contributed by atoms with Crippen molar-refractivity contribution in [2.45, 2.75) is 26.3 Å². The molecule has 0 aliphatic carbocycles. The number of likely N-dealkylation sites (N-methyl/N-ethyl adjacent to an activating group) is 2. The summed E-state index contributed by atoms with van der Waals surface area (Å²) >= 11 is 0. The highest BCUT2D eigenvalue weighted by Crippen LogP contribution is 2.17. The summed E-state index contributed by atoms with van der Waals surface area (Å²) in [7, 11) is 4.35. The topological polar surface area (TPSA) is 24.9 Å². The first-order valence-corrected chi connectivity index (χ1v) is 12.5. The molecule has 0 N–H and O–H groups in total. The van der Waals surface area contributed by atoms with Crippen LogP contribution < -0.4 is 9.47 Å². The molecule has 0 amide bonds. The highest BCUT2D eigenvalue weighted by molar-refractivity contribution is 5.29. The van der Waals surface area contributed by atoms with Crippen LogP contribution in [0.4, 0.5) is 0 Å². The van der Waals surface area contributed by atoms with E-state index in [2.05, 4.69) is 96.7 Å². The lowest BCUT2D eigenvalue weighted by molar-refractivity contribution is 0.247. The largest absolute Gasteiger partial charge is 0.489 e. The SMILES string of the molecule is CN(CCN(C)Cc1ccc(OCc2ccccc2)cc1)Cc1ccc(OCc2ccccc2)cc1. The van der Waals surface area contributed by atoms with Gasteiger partial charge in [-0.25, -0.2) is 0 Å². The number of hydrogen-bond acceptors (Lipinski definition) is 4. The molecule has 0 aromatic heterocycles. The molecule has 0 saturated heterocycles. The van der Waals surface area contributed by atoms with Gasteiger partial charge in [-0.1, -0.05) is 84.9 Å². The molecule has 0 radical (unpaired) electrons. The first kappa shape index (κ1) is 25.5. The first-order valence-electron chi connectivity index (χ1n) is 12.5. The fraction of sp³-hybridized carbons (Fsp3) is 0.250. The minimum absolute atomic E-state index is 0.593. The van der Waals surface area contributed by atoms with Crippen molar-refractivity contribution >= 4 is 0 Å². The molecule has 186 valence electrons. The summed E-state index contributed by atoms with van der Waals surface area (Å²) in [4.78, 5) is 4.72. The minimum atomic E-state index is 0.593. The fourth-order valence-corrected chi connectivity index (χ4v) is 3.99. The van der Waals surface area contributed by atoms with Gasteiger partial charge in [0.25, 0.3) is 0 Å². The lowest BCUT2D eigenvalue weighted by atomic mass is 10.2. The molecule has 0 aliphatic rings. The summed E-state index contributed by atoms with van der Waals surface area (Å²) in [6, 6.07) is 37.4. The van der Waals surface area contributed by atoms with Crippen molar-refractivity contribution in [2.24, 2.45) is 0 Å². The van der Waals surface area contributed by atoms with Crippen molar-refractivity contribution in [3.8, 4) is 11.5 Å². The van der Waals surface area contributed by atoms with Gasteiger partial charge in [-0.05, 0) is 60.6 Å². The second-order valence-electron chi connectivity index (χ2n) is 9.31. The van der Waals surface area contributed by atoms with Gasteiger partial charge in [-0.15, -0.1) is 0 Å². The van der Waals surface area contributed by atoms with E-state index in [1.54, 1.807) is 0 Å². The Bertz CT molecular complexity index is 1050. The van der Waals surface area contributed by atoms with Crippen LogP contribution in [0, 0.1) is 0 Å². The van der Waals surface area contributed by atoms with E-state index >= 15 is 0 Å². The van der Waals surface area contributed by atoms with Crippen molar-refractivity contribution in [1.82, 2.24) is 9.80 Å². The van der Waals surface area contributed by atoms with E-state index < -0.39 is 0 Å². The summed E-state index contributed by atoms with van der Waals surface area (Å²) in [5, 5.41) is 0. The Hall–Kier alpha value is -3.60. The highest BCUT2D eigenvalue weighted by atomic mass is 16.5. The van der Waals surface area contributed by atoms with Gasteiger partial charge < -0.3 is 19.3 Å². The van der Waals surface area contributed by atoms with E-state index in [1.165, 1.54) is 22.3 Å². The minimum Gasteiger partial charge on any atom is -0.489 e. The molecule has 4 rings (SSSR count). The van der Waals surface area contributed by atoms with E-state index in [4.69, 9.17) is 9.47 Å². The molecule has 0 saturated carbocycles. The van der Waals surface area contributed by atoms with E-state index in [0.29, 0.717) is 13.2 Å². The molecule has 4 nitrogen and oxygen atoms in total. The van der Waals surface area contributed by atoms with E-state index in [1.807, 2.05) is 36.4 Å². The van der Waals surface area contributed by atoms with Gasteiger partial charge in [0, 0.05) is 26.2 Å².